The molecule has 2 rings (SSSR count). The van der Waals surface area contributed by atoms with Crippen LogP contribution in [-0.2, 0) is 6.54 Å². The topological polar surface area (TPSA) is 58.3 Å². The molecule has 5 nitrogen and oxygen atoms in total. The molecule has 1 aromatic rings. The van der Waals surface area contributed by atoms with E-state index in [1.54, 1.807) is 6.20 Å². The molecule has 0 bridgehead atoms. The number of rotatable bonds is 4. The number of nitrogens with two attached hydrogens (primary N) is 1. The van der Waals surface area contributed by atoms with Gasteiger partial charge in [0.05, 0.1) is 5.69 Å². The second-order valence-corrected chi connectivity index (χ2v) is 4.83. The van der Waals surface area contributed by atoms with Crippen LogP contribution in [0.1, 0.15) is 26.0 Å². The van der Waals surface area contributed by atoms with Crippen molar-refractivity contribution < 1.29 is 0 Å². The van der Waals surface area contributed by atoms with Crippen LogP contribution in [0.15, 0.2) is 12.3 Å². The second kappa shape index (κ2) is 6.11. The molecule has 0 aromatic carbocycles. The summed E-state index contributed by atoms with van der Waals surface area (Å²) in [5, 5.41) is 0. The van der Waals surface area contributed by atoms with E-state index in [4.69, 9.17) is 5.73 Å². The molecule has 1 atom stereocenters. The van der Waals surface area contributed by atoms with E-state index in [0.717, 1.165) is 37.8 Å². The molecule has 2 heterocycles. The molecule has 0 aliphatic carbocycles. The number of aromatic nitrogens is 2. The molecule has 1 saturated heterocycles. The van der Waals surface area contributed by atoms with Gasteiger partial charge in [-0.25, -0.2) is 9.97 Å². The van der Waals surface area contributed by atoms with Crippen LogP contribution in [0.2, 0.25) is 0 Å². The highest BCUT2D eigenvalue weighted by Crippen LogP contribution is 2.13. The summed E-state index contributed by atoms with van der Waals surface area (Å²) in [7, 11) is 0. The van der Waals surface area contributed by atoms with E-state index in [-0.39, 0.29) is 0 Å². The third-order valence-corrected chi connectivity index (χ3v) is 3.72. The van der Waals surface area contributed by atoms with Crippen LogP contribution in [-0.4, -0.2) is 47.1 Å². The van der Waals surface area contributed by atoms with Crippen molar-refractivity contribution in [1.29, 1.82) is 0 Å². The third kappa shape index (κ3) is 2.97. The van der Waals surface area contributed by atoms with E-state index in [1.807, 2.05) is 6.07 Å². The molecule has 18 heavy (non-hydrogen) atoms. The first-order valence-corrected chi connectivity index (χ1v) is 6.75. The maximum atomic E-state index is 5.61. The van der Waals surface area contributed by atoms with Gasteiger partial charge in [0, 0.05) is 45.0 Å². The quantitative estimate of drug-likeness (QED) is 0.857. The van der Waals surface area contributed by atoms with Crippen LogP contribution in [0.4, 0.5) is 5.95 Å². The molecular formula is C13H23N5. The third-order valence-electron chi connectivity index (χ3n) is 3.72. The summed E-state index contributed by atoms with van der Waals surface area (Å²) in [4.78, 5) is 13.6. The molecule has 5 heteroatoms. The number of anilines is 1. The van der Waals surface area contributed by atoms with Gasteiger partial charge in [0.2, 0.25) is 5.95 Å². The van der Waals surface area contributed by atoms with E-state index >= 15 is 0 Å². The minimum absolute atomic E-state index is 0.475. The summed E-state index contributed by atoms with van der Waals surface area (Å²) >= 11 is 0. The normalized spacial score (nSPS) is 18.9. The lowest BCUT2D eigenvalue weighted by molar-refractivity contribution is 0.192. The van der Waals surface area contributed by atoms with Gasteiger partial charge < -0.3 is 10.6 Å². The Bertz CT molecular complexity index is 373. The molecule has 1 aliphatic heterocycles. The first-order valence-electron chi connectivity index (χ1n) is 6.75. The van der Waals surface area contributed by atoms with E-state index < -0.39 is 0 Å². The van der Waals surface area contributed by atoms with Crippen LogP contribution in [0.25, 0.3) is 0 Å². The Kier molecular flexibility index (Phi) is 4.49. The first-order chi connectivity index (χ1) is 8.74. The summed E-state index contributed by atoms with van der Waals surface area (Å²) in [5.41, 5.74) is 6.52. The van der Waals surface area contributed by atoms with E-state index in [2.05, 4.69) is 33.6 Å². The van der Waals surface area contributed by atoms with Crippen LogP contribution in [0.5, 0.6) is 0 Å². The predicted molar refractivity (Wildman–Crippen MR) is 73.5 cm³/mol. The van der Waals surface area contributed by atoms with Gasteiger partial charge >= 0.3 is 0 Å². The average Bonchev–Trinajstić information content (AvgIpc) is 2.46. The molecule has 0 radical (unpaired) electrons. The number of piperazine rings is 1. The van der Waals surface area contributed by atoms with Crippen molar-refractivity contribution in [3.63, 3.8) is 0 Å². The Morgan fingerprint density at radius 2 is 2.06 bits per heavy atom. The Morgan fingerprint density at radius 3 is 2.67 bits per heavy atom. The van der Waals surface area contributed by atoms with Crippen molar-refractivity contribution in [3.8, 4) is 0 Å². The second-order valence-electron chi connectivity index (χ2n) is 4.83. The number of hydrogen-bond donors (Lipinski definition) is 1. The van der Waals surface area contributed by atoms with Crippen molar-refractivity contribution >= 4 is 5.95 Å². The molecule has 100 valence electrons. The van der Waals surface area contributed by atoms with Crippen molar-refractivity contribution in [2.75, 3.05) is 31.1 Å². The van der Waals surface area contributed by atoms with E-state index in [1.165, 1.54) is 6.42 Å². The first kappa shape index (κ1) is 13.2. The molecule has 0 amide bonds. The van der Waals surface area contributed by atoms with Crippen molar-refractivity contribution in [1.82, 2.24) is 14.9 Å². The highest BCUT2D eigenvalue weighted by Gasteiger charge is 2.21. The molecule has 0 spiro atoms. The van der Waals surface area contributed by atoms with E-state index in [0.29, 0.717) is 12.6 Å². The van der Waals surface area contributed by atoms with Crippen LogP contribution >= 0.6 is 0 Å². The largest absolute Gasteiger partial charge is 0.338 e. The van der Waals surface area contributed by atoms with Crippen LogP contribution in [0.3, 0.4) is 0 Å². The number of nitrogens with zero attached hydrogens (tertiary/aromatic N) is 4. The summed E-state index contributed by atoms with van der Waals surface area (Å²) < 4.78 is 0. The average molecular weight is 249 g/mol. The van der Waals surface area contributed by atoms with Crippen molar-refractivity contribution in [2.45, 2.75) is 32.9 Å². The van der Waals surface area contributed by atoms with Gasteiger partial charge in [0.1, 0.15) is 0 Å². The smallest absolute Gasteiger partial charge is 0.225 e. The standard InChI is InChI=1S/C13H23N5/c1-3-11(2)17-6-8-18(9-7-17)13-15-5-4-12(10-14)16-13/h4-5,11H,3,6-10,14H2,1-2H3. The zero-order valence-corrected chi connectivity index (χ0v) is 11.3. The zero-order chi connectivity index (χ0) is 13.0. The minimum atomic E-state index is 0.475. The van der Waals surface area contributed by atoms with Gasteiger partial charge in [0.15, 0.2) is 0 Å². The van der Waals surface area contributed by atoms with E-state index in [9.17, 15) is 0 Å². The van der Waals surface area contributed by atoms with Gasteiger partial charge in [-0.1, -0.05) is 6.92 Å². The van der Waals surface area contributed by atoms with Gasteiger partial charge in [-0.05, 0) is 19.4 Å². The Balaban J connectivity index is 1.96. The lowest BCUT2D eigenvalue weighted by Gasteiger charge is -2.37. The Labute approximate surface area is 109 Å². The Hall–Kier alpha value is -1.20. The number of hydrogen-bond acceptors (Lipinski definition) is 5. The molecule has 1 unspecified atom stereocenters. The highest BCUT2D eigenvalue weighted by molar-refractivity contribution is 5.31. The molecule has 1 aliphatic rings. The Morgan fingerprint density at radius 1 is 1.33 bits per heavy atom. The van der Waals surface area contributed by atoms with Gasteiger partial charge in [-0.3, -0.25) is 4.90 Å². The maximum Gasteiger partial charge on any atom is 0.225 e. The molecular weight excluding hydrogens is 226 g/mol. The molecule has 2 N–H and O–H groups in total. The predicted octanol–water partition coefficient (Wildman–Crippen LogP) is 0.856. The van der Waals surface area contributed by atoms with Crippen molar-refractivity contribution in [3.05, 3.63) is 18.0 Å². The highest BCUT2D eigenvalue weighted by atomic mass is 15.3. The van der Waals surface area contributed by atoms with Crippen molar-refractivity contribution in [2.24, 2.45) is 5.73 Å². The summed E-state index contributed by atoms with van der Waals surface area (Å²) in [6.07, 6.45) is 3.00. The van der Waals surface area contributed by atoms with Crippen LogP contribution < -0.4 is 10.6 Å². The lowest BCUT2D eigenvalue weighted by atomic mass is 10.2. The van der Waals surface area contributed by atoms with Gasteiger partial charge in [0.25, 0.3) is 0 Å². The minimum Gasteiger partial charge on any atom is -0.338 e. The summed E-state index contributed by atoms with van der Waals surface area (Å²) in [5.74, 6) is 0.821. The SMILES string of the molecule is CCC(C)N1CCN(c2nccc(CN)n2)CC1. The zero-order valence-electron chi connectivity index (χ0n) is 11.3. The fourth-order valence-corrected chi connectivity index (χ4v) is 2.27. The maximum absolute atomic E-state index is 5.61. The summed E-state index contributed by atoms with van der Waals surface area (Å²) in [6.45, 7) is 9.18. The molecule has 1 aromatic heterocycles. The lowest BCUT2D eigenvalue weighted by Crippen LogP contribution is -2.50. The fourth-order valence-electron chi connectivity index (χ4n) is 2.27. The molecule has 0 saturated carbocycles. The van der Waals surface area contributed by atoms with Crippen LogP contribution in [0, 0.1) is 0 Å². The monoisotopic (exact) mass is 249 g/mol. The summed E-state index contributed by atoms with van der Waals surface area (Å²) in [6, 6.07) is 2.54. The fraction of sp³-hybridized carbons (Fsp3) is 0.692. The van der Waals surface area contributed by atoms with Gasteiger partial charge in [-0.2, -0.15) is 0 Å². The van der Waals surface area contributed by atoms with Gasteiger partial charge in [-0.15, -0.1) is 0 Å². The molecule has 1 fully saturated rings.